The molecule has 2 nitrogen and oxygen atoms in total. The summed E-state index contributed by atoms with van der Waals surface area (Å²) >= 11 is 0. The fourth-order valence-corrected chi connectivity index (χ4v) is 2.95. The van der Waals surface area contributed by atoms with E-state index in [0.29, 0.717) is 18.0 Å². The maximum atomic E-state index is 13.1. The van der Waals surface area contributed by atoms with E-state index in [2.05, 4.69) is 12.2 Å². The average molecular weight is 301 g/mol. The van der Waals surface area contributed by atoms with Crippen molar-refractivity contribution in [2.45, 2.75) is 51.2 Å². The van der Waals surface area contributed by atoms with Gasteiger partial charge in [-0.25, -0.2) is 13.2 Å². The summed E-state index contributed by atoms with van der Waals surface area (Å²) in [6.45, 7) is 2.74. The molecule has 2 rings (SSSR count). The molecule has 1 aromatic rings. The zero-order valence-electron chi connectivity index (χ0n) is 12.3. The Labute approximate surface area is 123 Å². The SMILES string of the molecule is CCC1CCC(O)(CNCc2cc(F)c(F)c(F)c2)CC1. The lowest BCUT2D eigenvalue weighted by atomic mass is 9.78. The minimum atomic E-state index is -1.45. The molecule has 0 aliphatic heterocycles. The monoisotopic (exact) mass is 301 g/mol. The summed E-state index contributed by atoms with van der Waals surface area (Å²) in [4.78, 5) is 0. The molecule has 0 aromatic heterocycles. The molecule has 0 unspecified atom stereocenters. The molecule has 1 saturated carbocycles. The Hall–Kier alpha value is -1.07. The summed E-state index contributed by atoms with van der Waals surface area (Å²) < 4.78 is 39.0. The maximum Gasteiger partial charge on any atom is 0.194 e. The van der Waals surface area contributed by atoms with Crippen LogP contribution in [0.15, 0.2) is 12.1 Å². The Morgan fingerprint density at radius 3 is 2.29 bits per heavy atom. The van der Waals surface area contributed by atoms with Crippen LogP contribution in [0.1, 0.15) is 44.6 Å². The first-order valence-electron chi connectivity index (χ1n) is 7.50. The molecule has 0 saturated heterocycles. The van der Waals surface area contributed by atoms with Crippen molar-refractivity contribution >= 4 is 0 Å². The van der Waals surface area contributed by atoms with Crippen LogP contribution in [0, 0.1) is 23.4 Å². The highest BCUT2D eigenvalue weighted by Crippen LogP contribution is 2.33. The van der Waals surface area contributed by atoms with Crippen molar-refractivity contribution in [2.24, 2.45) is 5.92 Å². The minimum absolute atomic E-state index is 0.202. The summed E-state index contributed by atoms with van der Waals surface area (Å²) in [5.41, 5.74) is -0.416. The molecule has 21 heavy (non-hydrogen) atoms. The Morgan fingerprint density at radius 2 is 1.76 bits per heavy atom. The molecule has 118 valence electrons. The van der Waals surface area contributed by atoms with Crippen LogP contribution in [-0.4, -0.2) is 17.3 Å². The van der Waals surface area contributed by atoms with Crippen molar-refractivity contribution in [3.05, 3.63) is 35.1 Å². The lowest BCUT2D eigenvalue weighted by Gasteiger charge is -2.36. The second kappa shape index (κ2) is 6.79. The fourth-order valence-electron chi connectivity index (χ4n) is 2.95. The first-order chi connectivity index (χ1) is 9.93. The molecule has 0 radical (unpaired) electrons. The number of aliphatic hydroxyl groups is 1. The van der Waals surface area contributed by atoms with Crippen molar-refractivity contribution in [2.75, 3.05) is 6.54 Å². The highest BCUT2D eigenvalue weighted by molar-refractivity contribution is 5.19. The maximum absolute atomic E-state index is 13.1. The van der Waals surface area contributed by atoms with E-state index in [4.69, 9.17) is 0 Å². The van der Waals surface area contributed by atoms with Crippen molar-refractivity contribution in [1.82, 2.24) is 5.32 Å². The number of hydrogen-bond acceptors (Lipinski definition) is 2. The smallest absolute Gasteiger partial charge is 0.194 e. The van der Waals surface area contributed by atoms with Gasteiger partial charge in [0, 0.05) is 13.1 Å². The summed E-state index contributed by atoms with van der Waals surface area (Å²) in [6, 6.07) is 1.95. The molecule has 0 spiro atoms. The van der Waals surface area contributed by atoms with Crippen LogP contribution in [0.25, 0.3) is 0 Å². The third-order valence-corrected chi connectivity index (χ3v) is 4.44. The number of hydrogen-bond donors (Lipinski definition) is 2. The van der Waals surface area contributed by atoms with Gasteiger partial charge in [0.1, 0.15) is 0 Å². The molecular formula is C16H22F3NO. The molecule has 2 N–H and O–H groups in total. The van der Waals surface area contributed by atoms with Crippen LogP contribution in [0.5, 0.6) is 0 Å². The zero-order chi connectivity index (χ0) is 15.5. The van der Waals surface area contributed by atoms with Gasteiger partial charge in [0.25, 0.3) is 0 Å². The van der Waals surface area contributed by atoms with E-state index >= 15 is 0 Å². The minimum Gasteiger partial charge on any atom is -0.389 e. The molecule has 1 aliphatic carbocycles. The second-order valence-electron chi connectivity index (χ2n) is 6.05. The van der Waals surface area contributed by atoms with Crippen LogP contribution >= 0.6 is 0 Å². The van der Waals surface area contributed by atoms with Crippen molar-refractivity contribution < 1.29 is 18.3 Å². The number of nitrogens with one attached hydrogen (secondary N) is 1. The van der Waals surface area contributed by atoms with Gasteiger partial charge in [-0.05, 0) is 49.3 Å². The molecule has 0 heterocycles. The van der Waals surface area contributed by atoms with Gasteiger partial charge in [0.2, 0.25) is 0 Å². The third-order valence-electron chi connectivity index (χ3n) is 4.44. The van der Waals surface area contributed by atoms with Crippen molar-refractivity contribution in [3.8, 4) is 0 Å². The molecule has 1 fully saturated rings. The van der Waals surface area contributed by atoms with Crippen LogP contribution in [0.4, 0.5) is 13.2 Å². The van der Waals surface area contributed by atoms with Crippen LogP contribution in [-0.2, 0) is 6.54 Å². The van der Waals surface area contributed by atoms with E-state index < -0.39 is 23.1 Å². The van der Waals surface area contributed by atoms with Crippen molar-refractivity contribution in [1.29, 1.82) is 0 Å². The largest absolute Gasteiger partial charge is 0.389 e. The lowest BCUT2D eigenvalue weighted by Crippen LogP contribution is -2.43. The van der Waals surface area contributed by atoms with Crippen LogP contribution in [0.3, 0.4) is 0 Å². The Kier molecular flexibility index (Phi) is 5.27. The van der Waals surface area contributed by atoms with E-state index in [9.17, 15) is 18.3 Å². The molecular weight excluding hydrogens is 279 g/mol. The van der Waals surface area contributed by atoms with E-state index in [1.807, 2.05) is 0 Å². The normalized spacial score (nSPS) is 26.0. The summed E-state index contributed by atoms with van der Waals surface area (Å²) in [5, 5.41) is 13.5. The van der Waals surface area contributed by atoms with Gasteiger partial charge in [-0.2, -0.15) is 0 Å². The number of rotatable bonds is 5. The van der Waals surface area contributed by atoms with Gasteiger partial charge in [-0.1, -0.05) is 13.3 Å². The summed E-state index contributed by atoms with van der Waals surface area (Å²) in [5.74, 6) is -3.14. The average Bonchev–Trinajstić information content (AvgIpc) is 2.45. The van der Waals surface area contributed by atoms with E-state index in [0.717, 1.165) is 44.2 Å². The van der Waals surface area contributed by atoms with Crippen molar-refractivity contribution in [3.63, 3.8) is 0 Å². The van der Waals surface area contributed by atoms with Gasteiger partial charge < -0.3 is 10.4 Å². The second-order valence-corrected chi connectivity index (χ2v) is 6.05. The summed E-state index contributed by atoms with van der Waals surface area (Å²) in [7, 11) is 0. The standard InChI is InChI=1S/C16H22F3NO/c1-2-11-3-5-16(21,6-4-11)10-20-9-12-7-13(17)15(19)14(18)8-12/h7-8,11,20-21H,2-6,9-10H2,1H3. The molecule has 1 aromatic carbocycles. The molecule has 5 heteroatoms. The fraction of sp³-hybridized carbons (Fsp3) is 0.625. The highest BCUT2D eigenvalue weighted by Gasteiger charge is 2.32. The highest BCUT2D eigenvalue weighted by atomic mass is 19.2. The zero-order valence-corrected chi connectivity index (χ0v) is 12.3. The van der Waals surface area contributed by atoms with Gasteiger partial charge in [-0.3, -0.25) is 0 Å². The predicted molar refractivity (Wildman–Crippen MR) is 75.2 cm³/mol. The van der Waals surface area contributed by atoms with Gasteiger partial charge in [0.05, 0.1) is 5.60 Å². The first-order valence-corrected chi connectivity index (χ1v) is 7.50. The summed E-state index contributed by atoms with van der Waals surface area (Å²) in [6.07, 6.45) is 4.63. The Balaban J connectivity index is 1.84. The molecule has 0 bridgehead atoms. The quantitative estimate of drug-likeness (QED) is 0.816. The van der Waals surface area contributed by atoms with Gasteiger partial charge >= 0.3 is 0 Å². The topological polar surface area (TPSA) is 32.3 Å². The van der Waals surface area contributed by atoms with E-state index in [1.54, 1.807) is 0 Å². The first kappa shape index (κ1) is 16.3. The van der Waals surface area contributed by atoms with Crippen LogP contribution < -0.4 is 5.32 Å². The molecule has 1 aliphatic rings. The molecule has 0 atom stereocenters. The number of benzene rings is 1. The lowest BCUT2D eigenvalue weighted by molar-refractivity contribution is -0.00881. The van der Waals surface area contributed by atoms with Gasteiger partial charge in [0.15, 0.2) is 17.5 Å². The third kappa shape index (κ3) is 4.20. The predicted octanol–water partition coefficient (Wildman–Crippen LogP) is 3.52. The number of halogens is 3. The Bertz CT molecular complexity index is 461. The molecule has 0 amide bonds. The van der Waals surface area contributed by atoms with E-state index in [1.165, 1.54) is 0 Å². The van der Waals surface area contributed by atoms with Gasteiger partial charge in [-0.15, -0.1) is 0 Å². The Morgan fingerprint density at radius 1 is 1.19 bits per heavy atom. The van der Waals surface area contributed by atoms with Crippen LogP contribution in [0.2, 0.25) is 0 Å². The van der Waals surface area contributed by atoms with E-state index in [-0.39, 0.29) is 6.54 Å².